The van der Waals surface area contributed by atoms with Crippen LogP contribution in [0.3, 0.4) is 0 Å². The highest BCUT2D eigenvalue weighted by molar-refractivity contribution is 5.31. The van der Waals surface area contributed by atoms with Crippen LogP contribution in [0.4, 0.5) is 0 Å². The average molecular weight is 217 g/mol. The minimum atomic E-state index is 0.292. The summed E-state index contributed by atoms with van der Waals surface area (Å²) in [6.07, 6.45) is 4.17. The van der Waals surface area contributed by atoms with Crippen LogP contribution >= 0.6 is 0 Å². The van der Waals surface area contributed by atoms with Gasteiger partial charge in [0.05, 0.1) is 18.9 Å². The van der Waals surface area contributed by atoms with Gasteiger partial charge in [-0.1, -0.05) is 29.8 Å². The summed E-state index contributed by atoms with van der Waals surface area (Å²) in [4.78, 5) is 0. The highest BCUT2D eigenvalue weighted by atomic mass is 16.5. The lowest BCUT2D eigenvalue weighted by atomic mass is 9.94. The van der Waals surface area contributed by atoms with E-state index in [2.05, 4.69) is 36.5 Å². The Morgan fingerprint density at radius 3 is 2.88 bits per heavy atom. The van der Waals surface area contributed by atoms with Crippen molar-refractivity contribution in [1.82, 2.24) is 5.32 Å². The maximum Gasteiger partial charge on any atom is 0.0876 e. The van der Waals surface area contributed by atoms with Crippen LogP contribution in [0.25, 0.3) is 0 Å². The molecule has 0 spiro atoms. The second kappa shape index (κ2) is 5.17. The van der Waals surface area contributed by atoms with Crippen molar-refractivity contribution in [2.24, 2.45) is 0 Å². The third-order valence-corrected chi connectivity index (χ3v) is 3.00. The summed E-state index contributed by atoms with van der Waals surface area (Å²) < 4.78 is 5.41. The molecule has 2 rings (SSSR count). The van der Waals surface area contributed by atoms with Crippen LogP contribution in [0, 0.1) is 6.92 Å². The lowest BCUT2D eigenvalue weighted by molar-refractivity contribution is 0.220. The van der Waals surface area contributed by atoms with Crippen molar-refractivity contribution >= 4 is 0 Å². The van der Waals surface area contributed by atoms with Crippen molar-refractivity contribution in [3.05, 3.63) is 47.2 Å². The number of rotatable bonds is 3. The Hall–Kier alpha value is -1.28. The van der Waals surface area contributed by atoms with E-state index in [1.54, 1.807) is 0 Å². The number of aryl methyl sites for hydroxylation is 1. The van der Waals surface area contributed by atoms with Crippen LogP contribution in [0.1, 0.15) is 30.0 Å². The number of nitrogens with one attached hydrogen (secondary N) is 1. The first-order valence-corrected chi connectivity index (χ1v) is 5.85. The van der Waals surface area contributed by atoms with Gasteiger partial charge < -0.3 is 10.1 Å². The van der Waals surface area contributed by atoms with Crippen molar-refractivity contribution in [3.63, 3.8) is 0 Å². The zero-order valence-electron chi connectivity index (χ0n) is 9.99. The summed E-state index contributed by atoms with van der Waals surface area (Å²) in [5.41, 5.74) is 3.97. The van der Waals surface area contributed by atoms with Crippen molar-refractivity contribution in [2.75, 3.05) is 13.7 Å². The van der Waals surface area contributed by atoms with Gasteiger partial charge in [0.2, 0.25) is 0 Å². The van der Waals surface area contributed by atoms with Crippen LogP contribution in [0.5, 0.6) is 0 Å². The zero-order valence-corrected chi connectivity index (χ0v) is 9.99. The second-order valence-electron chi connectivity index (χ2n) is 4.30. The first-order chi connectivity index (χ1) is 7.81. The summed E-state index contributed by atoms with van der Waals surface area (Å²) in [6.45, 7) is 2.98. The lowest BCUT2D eigenvalue weighted by Gasteiger charge is -2.23. The van der Waals surface area contributed by atoms with Crippen LogP contribution < -0.4 is 5.32 Å². The normalized spacial score (nSPS) is 17.5. The van der Waals surface area contributed by atoms with E-state index in [0.29, 0.717) is 6.04 Å². The summed E-state index contributed by atoms with van der Waals surface area (Å²) in [6, 6.07) is 8.93. The minimum absolute atomic E-state index is 0.292. The topological polar surface area (TPSA) is 21.3 Å². The highest BCUT2D eigenvalue weighted by Crippen LogP contribution is 2.27. The largest absolute Gasteiger partial charge is 0.501 e. The Labute approximate surface area is 97.3 Å². The zero-order chi connectivity index (χ0) is 11.4. The molecule has 0 radical (unpaired) electrons. The monoisotopic (exact) mass is 217 g/mol. The summed E-state index contributed by atoms with van der Waals surface area (Å²) in [5.74, 6) is 0. The molecule has 1 unspecified atom stereocenters. The van der Waals surface area contributed by atoms with Crippen LogP contribution in [0.2, 0.25) is 0 Å². The molecule has 1 atom stereocenters. The predicted octanol–water partition coefficient (Wildman–Crippen LogP) is 2.95. The van der Waals surface area contributed by atoms with Gasteiger partial charge in [-0.15, -0.1) is 0 Å². The van der Waals surface area contributed by atoms with Gasteiger partial charge in [-0.05, 0) is 37.9 Å². The molecule has 0 bridgehead atoms. The van der Waals surface area contributed by atoms with E-state index >= 15 is 0 Å². The fourth-order valence-corrected chi connectivity index (χ4v) is 2.21. The lowest BCUT2D eigenvalue weighted by Crippen LogP contribution is -2.20. The Kier molecular flexibility index (Phi) is 3.62. The molecule has 1 aromatic carbocycles. The minimum Gasteiger partial charge on any atom is -0.501 e. The molecule has 0 aromatic heterocycles. The van der Waals surface area contributed by atoms with Gasteiger partial charge in [0.25, 0.3) is 0 Å². The van der Waals surface area contributed by atoms with E-state index in [0.717, 1.165) is 19.4 Å². The Morgan fingerprint density at radius 1 is 1.38 bits per heavy atom. The number of hydrogen-bond acceptors (Lipinski definition) is 2. The van der Waals surface area contributed by atoms with E-state index in [-0.39, 0.29) is 0 Å². The molecule has 1 aliphatic heterocycles. The molecule has 0 amide bonds. The molecule has 1 heterocycles. The maximum atomic E-state index is 5.41. The molecule has 1 aromatic rings. The molecular formula is C14H19NO. The van der Waals surface area contributed by atoms with Gasteiger partial charge in [-0.2, -0.15) is 0 Å². The highest BCUT2D eigenvalue weighted by Gasteiger charge is 2.17. The van der Waals surface area contributed by atoms with E-state index < -0.39 is 0 Å². The van der Waals surface area contributed by atoms with Gasteiger partial charge >= 0.3 is 0 Å². The van der Waals surface area contributed by atoms with Gasteiger partial charge in [-0.25, -0.2) is 0 Å². The van der Waals surface area contributed by atoms with Crippen molar-refractivity contribution in [1.29, 1.82) is 0 Å². The van der Waals surface area contributed by atoms with Gasteiger partial charge in [-0.3, -0.25) is 0 Å². The number of ether oxygens (including phenoxy) is 1. The molecule has 0 fully saturated rings. The molecule has 16 heavy (non-hydrogen) atoms. The number of hydrogen-bond donors (Lipinski definition) is 1. The predicted molar refractivity (Wildman–Crippen MR) is 66.2 cm³/mol. The third-order valence-electron chi connectivity index (χ3n) is 3.00. The molecule has 2 nitrogen and oxygen atoms in total. The average Bonchev–Trinajstić information content (AvgIpc) is 2.31. The Morgan fingerprint density at radius 2 is 2.25 bits per heavy atom. The maximum absolute atomic E-state index is 5.41. The van der Waals surface area contributed by atoms with Crippen LogP contribution in [-0.4, -0.2) is 13.7 Å². The van der Waals surface area contributed by atoms with E-state index in [1.807, 2.05) is 13.3 Å². The van der Waals surface area contributed by atoms with Gasteiger partial charge in [0.15, 0.2) is 0 Å². The second-order valence-corrected chi connectivity index (χ2v) is 4.30. The molecular weight excluding hydrogens is 198 g/mol. The van der Waals surface area contributed by atoms with E-state index in [1.165, 1.54) is 16.7 Å². The van der Waals surface area contributed by atoms with Crippen LogP contribution in [0.15, 0.2) is 36.1 Å². The molecule has 86 valence electrons. The van der Waals surface area contributed by atoms with Crippen molar-refractivity contribution < 1.29 is 4.74 Å². The fourth-order valence-electron chi connectivity index (χ4n) is 2.21. The summed E-state index contributed by atoms with van der Waals surface area (Å²) in [7, 11) is 2.00. The number of benzene rings is 1. The summed E-state index contributed by atoms with van der Waals surface area (Å²) in [5, 5.41) is 3.37. The fraction of sp³-hybridized carbons (Fsp3) is 0.429. The number of likely N-dealkylation sites (N-methyl/N-ethyl adjacent to an activating group) is 1. The molecule has 1 N–H and O–H groups in total. The Balaban J connectivity index is 2.25. The van der Waals surface area contributed by atoms with Crippen molar-refractivity contribution in [2.45, 2.75) is 25.8 Å². The quantitative estimate of drug-likeness (QED) is 0.840. The third kappa shape index (κ3) is 2.45. The van der Waals surface area contributed by atoms with E-state index in [4.69, 9.17) is 4.74 Å². The van der Waals surface area contributed by atoms with Gasteiger partial charge in [0.1, 0.15) is 0 Å². The first-order valence-electron chi connectivity index (χ1n) is 5.85. The molecule has 0 saturated heterocycles. The Bertz CT molecular complexity index is 384. The molecule has 1 aliphatic rings. The van der Waals surface area contributed by atoms with Crippen molar-refractivity contribution in [3.8, 4) is 0 Å². The van der Waals surface area contributed by atoms with E-state index in [9.17, 15) is 0 Å². The molecule has 0 aliphatic carbocycles. The molecule has 2 heteroatoms. The first kappa shape index (κ1) is 11.2. The standard InChI is InChI=1S/C14H19NO/c1-11-5-3-6-12(9-11)14(15-2)13-7-4-8-16-10-13/h3,5-6,9-10,14-15H,4,7-8H2,1-2H3. The van der Waals surface area contributed by atoms with Crippen LogP contribution in [-0.2, 0) is 4.74 Å². The molecule has 0 saturated carbocycles. The smallest absolute Gasteiger partial charge is 0.0876 e. The summed E-state index contributed by atoms with van der Waals surface area (Å²) >= 11 is 0. The SMILES string of the molecule is CNC(C1=COCCC1)c1cccc(C)c1. The van der Waals surface area contributed by atoms with Gasteiger partial charge in [0, 0.05) is 0 Å².